The summed E-state index contributed by atoms with van der Waals surface area (Å²) in [7, 11) is 2.15. The molecule has 0 amide bonds. The van der Waals surface area contributed by atoms with E-state index in [1.807, 2.05) is 17.8 Å². The third-order valence-corrected chi connectivity index (χ3v) is 6.60. The van der Waals surface area contributed by atoms with Crippen LogP contribution in [0.1, 0.15) is 49.9 Å². The maximum atomic E-state index is 10.6. The second kappa shape index (κ2) is 8.62. The Balaban J connectivity index is 1.66. The van der Waals surface area contributed by atoms with E-state index in [1.54, 1.807) is 0 Å². The Hall–Kier alpha value is -1.91. The van der Waals surface area contributed by atoms with Crippen molar-refractivity contribution in [2.24, 2.45) is 0 Å². The minimum atomic E-state index is 0.422. The van der Waals surface area contributed by atoms with Gasteiger partial charge in [0, 0.05) is 45.4 Å². The number of hydrogen-bond donors (Lipinski definition) is 1. The Morgan fingerprint density at radius 2 is 1.93 bits per heavy atom. The summed E-state index contributed by atoms with van der Waals surface area (Å²) in [5.74, 6) is 1.38. The summed E-state index contributed by atoms with van der Waals surface area (Å²) in [6, 6.07) is 17.6. The maximum Gasteiger partial charge on any atom is 0.120 e. The molecule has 0 radical (unpaired) electrons. The molecule has 1 aromatic heterocycles. The summed E-state index contributed by atoms with van der Waals surface area (Å²) in [4.78, 5) is 3.63. The third kappa shape index (κ3) is 4.23. The molecular weight excluding hydrogens is 364 g/mol. The highest BCUT2D eigenvalue weighted by atomic mass is 32.2. The molecule has 0 atom stereocenters. The fourth-order valence-corrected chi connectivity index (χ4v) is 4.78. The van der Waals surface area contributed by atoms with E-state index in [0.29, 0.717) is 11.8 Å². The van der Waals surface area contributed by atoms with E-state index >= 15 is 0 Å². The minimum absolute atomic E-state index is 0.422. The summed E-state index contributed by atoms with van der Waals surface area (Å²) < 4.78 is 2.53. The van der Waals surface area contributed by atoms with Gasteiger partial charge >= 0.3 is 0 Å². The number of phenols is 1. The number of unbranched alkanes of at least 4 members (excludes halogenated alkanes) is 1. The molecule has 4 rings (SSSR count). The van der Waals surface area contributed by atoms with E-state index in [-0.39, 0.29) is 0 Å². The molecule has 1 saturated carbocycles. The van der Waals surface area contributed by atoms with Gasteiger partial charge in [0.2, 0.25) is 0 Å². The fraction of sp³-hybridized carbons (Fsp3) is 0.417. The lowest BCUT2D eigenvalue weighted by atomic mass is 10.1. The SMILES string of the molecule is CCCCN(C)Cc1c(O)ccc2c1cc(CSc1ccccc1)n2C1CC1. The smallest absolute Gasteiger partial charge is 0.120 e. The Bertz CT molecular complexity index is 931. The molecule has 0 saturated heterocycles. The van der Waals surface area contributed by atoms with Gasteiger partial charge in [0.25, 0.3) is 0 Å². The number of rotatable bonds is 9. The predicted molar refractivity (Wildman–Crippen MR) is 119 cm³/mol. The first-order valence-electron chi connectivity index (χ1n) is 10.4. The molecule has 1 fully saturated rings. The first-order chi connectivity index (χ1) is 13.7. The van der Waals surface area contributed by atoms with Gasteiger partial charge in [0.15, 0.2) is 0 Å². The quantitative estimate of drug-likeness (QED) is 0.438. The number of aromatic nitrogens is 1. The summed E-state index contributed by atoms with van der Waals surface area (Å²) in [5, 5.41) is 11.8. The highest BCUT2D eigenvalue weighted by Crippen LogP contribution is 2.42. The van der Waals surface area contributed by atoms with Crippen molar-refractivity contribution in [2.75, 3.05) is 13.6 Å². The van der Waals surface area contributed by atoms with Crippen LogP contribution in [-0.4, -0.2) is 28.2 Å². The van der Waals surface area contributed by atoms with Crippen LogP contribution in [0.5, 0.6) is 5.75 Å². The molecule has 148 valence electrons. The molecule has 0 spiro atoms. The second-order valence-corrected chi connectivity index (χ2v) is 8.97. The molecule has 0 unspecified atom stereocenters. The van der Waals surface area contributed by atoms with Gasteiger partial charge < -0.3 is 14.6 Å². The second-order valence-electron chi connectivity index (χ2n) is 7.93. The number of hydrogen-bond acceptors (Lipinski definition) is 3. The maximum absolute atomic E-state index is 10.6. The average Bonchev–Trinajstić information content (AvgIpc) is 3.48. The zero-order valence-corrected chi connectivity index (χ0v) is 17.7. The Morgan fingerprint density at radius 1 is 1.14 bits per heavy atom. The number of benzene rings is 2. The lowest BCUT2D eigenvalue weighted by molar-refractivity contribution is 0.316. The van der Waals surface area contributed by atoms with Gasteiger partial charge in [-0.1, -0.05) is 31.5 Å². The topological polar surface area (TPSA) is 28.4 Å². The molecule has 2 aromatic carbocycles. The van der Waals surface area contributed by atoms with E-state index in [1.165, 1.54) is 47.2 Å². The molecule has 28 heavy (non-hydrogen) atoms. The van der Waals surface area contributed by atoms with Crippen molar-refractivity contribution < 1.29 is 5.11 Å². The normalized spacial score (nSPS) is 14.2. The first-order valence-corrected chi connectivity index (χ1v) is 11.4. The Morgan fingerprint density at radius 3 is 2.64 bits per heavy atom. The van der Waals surface area contributed by atoms with Crippen molar-refractivity contribution >= 4 is 22.7 Å². The largest absolute Gasteiger partial charge is 0.508 e. The molecule has 1 N–H and O–H groups in total. The van der Waals surface area contributed by atoms with Crippen molar-refractivity contribution in [3.63, 3.8) is 0 Å². The van der Waals surface area contributed by atoms with Gasteiger partial charge in [-0.25, -0.2) is 0 Å². The van der Waals surface area contributed by atoms with Gasteiger partial charge in [-0.2, -0.15) is 0 Å². The van der Waals surface area contributed by atoms with Crippen LogP contribution in [-0.2, 0) is 12.3 Å². The van der Waals surface area contributed by atoms with Crippen LogP contribution in [0.3, 0.4) is 0 Å². The molecule has 3 aromatic rings. The minimum Gasteiger partial charge on any atom is -0.508 e. The molecule has 1 aliphatic rings. The summed E-state index contributed by atoms with van der Waals surface area (Å²) >= 11 is 1.89. The fourth-order valence-electron chi connectivity index (χ4n) is 3.90. The summed E-state index contributed by atoms with van der Waals surface area (Å²) in [6.07, 6.45) is 4.91. The molecule has 3 nitrogen and oxygen atoms in total. The van der Waals surface area contributed by atoms with E-state index in [9.17, 15) is 5.11 Å². The van der Waals surface area contributed by atoms with Crippen molar-refractivity contribution in [1.29, 1.82) is 0 Å². The van der Waals surface area contributed by atoms with E-state index in [2.05, 4.69) is 65.9 Å². The summed E-state index contributed by atoms with van der Waals surface area (Å²) in [5.41, 5.74) is 3.72. The van der Waals surface area contributed by atoms with E-state index in [0.717, 1.165) is 24.4 Å². The van der Waals surface area contributed by atoms with Crippen LogP contribution in [0.4, 0.5) is 0 Å². The van der Waals surface area contributed by atoms with Crippen LogP contribution >= 0.6 is 11.8 Å². The number of aromatic hydroxyl groups is 1. The van der Waals surface area contributed by atoms with Crippen LogP contribution < -0.4 is 0 Å². The zero-order chi connectivity index (χ0) is 19.5. The predicted octanol–water partition coefficient (Wildman–Crippen LogP) is 6.21. The number of fused-ring (bicyclic) bond motifs is 1. The van der Waals surface area contributed by atoms with E-state index in [4.69, 9.17) is 0 Å². The van der Waals surface area contributed by atoms with Crippen LogP contribution in [0.15, 0.2) is 53.4 Å². The highest BCUT2D eigenvalue weighted by Gasteiger charge is 2.28. The standard InChI is InChI=1S/C24H30N2OS/c1-3-4-14-25(2)16-22-21-15-19(17-28-20-8-6-5-7-9-20)26(18-10-11-18)23(21)12-13-24(22)27/h5-9,12-13,15,18,27H,3-4,10-11,14,16-17H2,1-2H3. The van der Waals surface area contributed by atoms with Crippen molar-refractivity contribution in [2.45, 2.75) is 55.8 Å². The van der Waals surface area contributed by atoms with Gasteiger partial charge in [-0.15, -0.1) is 11.8 Å². The van der Waals surface area contributed by atoms with Gasteiger partial charge in [-0.05, 0) is 63.2 Å². The number of phenolic OH excluding ortho intramolecular Hbond substituents is 1. The molecule has 1 aliphatic carbocycles. The Kier molecular flexibility index (Phi) is 5.98. The van der Waals surface area contributed by atoms with E-state index < -0.39 is 0 Å². The molecule has 4 heteroatoms. The zero-order valence-electron chi connectivity index (χ0n) is 16.9. The molecule has 0 bridgehead atoms. The lowest BCUT2D eigenvalue weighted by Crippen LogP contribution is -2.19. The number of thioether (sulfide) groups is 1. The van der Waals surface area contributed by atoms with Crippen LogP contribution in [0.25, 0.3) is 10.9 Å². The lowest BCUT2D eigenvalue weighted by Gasteiger charge is -2.18. The van der Waals surface area contributed by atoms with Gasteiger partial charge in [-0.3, -0.25) is 0 Å². The average molecular weight is 395 g/mol. The Labute approximate surface area is 172 Å². The highest BCUT2D eigenvalue weighted by molar-refractivity contribution is 7.98. The van der Waals surface area contributed by atoms with Crippen molar-refractivity contribution in [3.05, 3.63) is 59.8 Å². The molecule has 1 heterocycles. The molecule has 0 aliphatic heterocycles. The summed E-state index contributed by atoms with van der Waals surface area (Å²) in [6.45, 7) is 4.08. The van der Waals surface area contributed by atoms with Crippen LogP contribution in [0, 0.1) is 0 Å². The number of nitrogens with zero attached hydrogens (tertiary/aromatic N) is 2. The van der Waals surface area contributed by atoms with Gasteiger partial charge in [0.1, 0.15) is 5.75 Å². The first kappa shape index (κ1) is 19.4. The molecular formula is C24H30N2OS. The monoisotopic (exact) mass is 394 g/mol. The van der Waals surface area contributed by atoms with Gasteiger partial charge in [0.05, 0.1) is 0 Å². The third-order valence-electron chi connectivity index (χ3n) is 5.55. The van der Waals surface area contributed by atoms with Crippen molar-refractivity contribution in [3.8, 4) is 5.75 Å². The van der Waals surface area contributed by atoms with Crippen molar-refractivity contribution in [1.82, 2.24) is 9.47 Å². The van der Waals surface area contributed by atoms with Crippen LogP contribution in [0.2, 0.25) is 0 Å².